The van der Waals surface area contributed by atoms with Gasteiger partial charge in [-0.05, 0) is 23.8 Å². The van der Waals surface area contributed by atoms with Crippen LogP contribution in [-0.2, 0) is 9.47 Å². The molecule has 0 aliphatic rings. The van der Waals surface area contributed by atoms with E-state index in [1.807, 2.05) is 0 Å². The molecule has 0 aliphatic heterocycles. The molecule has 0 heterocycles. The maximum atomic E-state index is 11.5. The maximum absolute atomic E-state index is 11.5. The van der Waals surface area contributed by atoms with Crippen molar-refractivity contribution in [1.29, 1.82) is 0 Å². The van der Waals surface area contributed by atoms with Gasteiger partial charge >= 0.3 is 0 Å². The number of hydrogen-bond donors (Lipinski definition) is 1. The summed E-state index contributed by atoms with van der Waals surface area (Å²) in [5.41, 5.74) is 1.34. The SMILES string of the molecule is COc1cc(C(O)c2c(C(OC)OC)cc(OC)c(OC)c2OC)cc(OC)c1OC. The Morgan fingerprint density at radius 2 is 1.03 bits per heavy atom. The molecule has 31 heavy (non-hydrogen) atoms. The van der Waals surface area contributed by atoms with Crippen molar-refractivity contribution in [3.63, 3.8) is 0 Å². The monoisotopic (exact) mass is 438 g/mol. The molecule has 1 atom stereocenters. The van der Waals surface area contributed by atoms with E-state index >= 15 is 0 Å². The largest absolute Gasteiger partial charge is 0.493 e. The highest BCUT2D eigenvalue weighted by Crippen LogP contribution is 2.49. The van der Waals surface area contributed by atoms with Gasteiger partial charge in [0.25, 0.3) is 0 Å². The summed E-state index contributed by atoms with van der Waals surface area (Å²) in [6, 6.07) is 4.98. The predicted molar refractivity (Wildman–Crippen MR) is 113 cm³/mol. The third-order valence-electron chi connectivity index (χ3n) is 4.86. The lowest BCUT2D eigenvalue weighted by Gasteiger charge is -2.26. The average molecular weight is 438 g/mol. The van der Waals surface area contributed by atoms with Crippen LogP contribution in [0.5, 0.6) is 34.5 Å². The molecule has 9 heteroatoms. The Morgan fingerprint density at radius 1 is 0.581 bits per heavy atom. The highest BCUT2D eigenvalue weighted by Gasteiger charge is 2.31. The van der Waals surface area contributed by atoms with E-state index in [9.17, 15) is 5.11 Å². The third kappa shape index (κ3) is 4.58. The van der Waals surface area contributed by atoms with E-state index < -0.39 is 12.4 Å². The molecule has 0 fully saturated rings. The number of hydrogen-bond acceptors (Lipinski definition) is 9. The fourth-order valence-corrected chi connectivity index (χ4v) is 3.45. The Hall–Kier alpha value is -2.88. The summed E-state index contributed by atoms with van der Waals surface area (Å²) in [5.74, 6) is 2.19. The highest BCUT2D eigenvalue weighted by molar-refractivity contribution is 5.63. The first kappa shape index (κ1) is 24.4. The van der Waals surface area contributed by atoms with Crippen molar-refractivity contribution >= 4 is 0 Å². The Bertz CT molecular complexity index is 853. The van der Waals surface area contributed by atoms with Crippen molar-refractivity contribution in [3.05, 3.63) is 34.9 Å². The molecule has 1 unspecified atom stereocenters. The van der Waals surface area contributed by atoms with Gasteiger partial charge in [-0.15, -0.1) is 0 Å². The standard InChI is InChI=1S/C22H30O9/c1-24-14-9-12(10-15(25-2)19(14)27-4)18(23)17-13(22(30-7)31-8)11-16(26-3)20(28-5)21(17)29-6/h9-11,18,22-23H,1-8H3. The average Bonchev–Trinajstić information content (AvgIpc) is 2.81. The van der Waals surface area contributed by atoms with Gasteiger partial charge in [0.05, 0.1) is 42.7 Å². The first-order chi connectivity index (χ1) is 14.9. The molecule has 0 spiro atoms. The van der Waals surface area contributed by atoms with Crippen molar-refractivity contribution in [1.82, 2.24) is 0 Å². The highest BCUT2D eigenvalue weighted by atomic mass is 16.7. The molecule has 0 bridgehead atoms. The lowest BCUT2D eigenvalue weighted by atomic mass is 9.93. The van der Waals surface area contributed by atoms with E-state index in [2.05, 4.69) is 0 Å². The minimum absolute atomic E-state index is 0.275. The van der Waals surface area contributed by atoms with Crippen LogP contribution in [0.1, 0.15) is 29.1 Å². The van der Waals surface area contributed by atoms with E-state index in [1.54, 1.807) is 18.2 Å². The number of methoxy groups -OCH3 is 8. The number of rotatable bonds is 11. The number of aliphatic hydroxyl groups excluding tert-OH is 1. The molecular weight excluding hydrogens is 408 g/mol. The van der Waals surface area contributed by atoms with Gasteiger partial charge in [-0.3, -0.25) is 0 Å². The van der Waals surface area contributed by atoms with E-state index in [4.69, 9.17) is 37.9 Å². The van der Waals surface area contributed by atoms with E-state index in [0.29, 0.717) is 45.4 Å². The second kappa shape index (κ2) is 10.9. The van der Waals surface area contributed by atoms with Gasteiger partial charge in [-0.2, -0.15) is 0 Å². The van der Waals surface area contributed by atoms with Gasteiger partial charge in [0.1, 0.15) is 6.10 Å². The van der Waals surface area contributed by atoms with Crippen molar-refractivity contribution in [2.75, 3.05) is 56.9 Å². The quantitative estimate of drug-likeness (QED) is 0.531. The van der Waals surface area contributed by atoms with Crippen LogP contribution in [0, 0.1) is 0 Å². The van der Waals surface area contributed by atoms with Crippen molar-refractivity contribution < 1.29 is 43.0 Å². The summed E-state index contributed by atoms with van der Waals surface area (Å²) in [4.78, 5) is 0. The number of benzene rings is 2. The molecule has 0 saturated carbocycles. The van der Waals surface area contributed by atoms with Gasteiger partial charge in [-0.25, -0.2) is 0 Å². The van der Waals surface area contributed by atoms with Crippen LogP contribution >= 0.6 is 0 Å². The Kier molecular flexibility index (Phi) is 8.61. The summed E-state index contributed by atoms with van der Waals surface area (Å²) >= 11 is 0. The Labute approximate surface area is 182 Å². The summed E-state index contributed by atoms with van der Waals surface area (Å²) in [7, 11) is 12.0. The zero-order valence-corrected chi connectivity index (χ0v) is 19.1. The molecular formula is C22H30O9. The molecule has 2 aromatic rings. The predicted octanol–water partition coefficient (Wildman–Crippen LogP) is 3.11. The van der Waals surface area contributed by atoms with Crippen LogP contribution in [0.2, 0.25) is 0 Å². The summed E-state index contributed by atoms with van der Waals surface area (Å²) < 4.78 is 43.7. The molecule has 2 rings (SSSR count). The molecule has 0 amide bonds. The molecule has 2 aromatic carbocycles. The van der Waals surface area contributed by atoms with Crippen LogP contribution in [0.25, 0.3) is 0 Å². The first-order valence-electron chi connectivity index (χ1n) is 9.32. The smallest absolute Gasteiger partial charge is 0.203 e. The molecule has 0 aromatic heterocycles. The van der Waals surface area contributed by atoms with E-state index in [1.165, 1.54) is 56.9 Å². The molecule has 0 saturated heterocycles. The van der Waals surface area contributed by atoms with E-state index in [-0.39, 0.29) is 5.75 Å². The van der Waals surface area contributed by atoms with Gasteiger partial charge in [0, 0.05) is 25.3 Å². The first-order valence-corrected chi connectivity index (χ1v) is 9.32. The van der Waals surface area contributed by atoms with Crippen LogP contribution in [-0.4, -0.2) is 62.0 Å². The van der Waals surface area contributed by atoms with Crippen molar-refractivity contribution in [2.45, 2.75) is 12.4 Å². The van der Waals surface area contributed by atoms with Crippen LogP contribution in [0.15, 0.2) is 18.2 Å². The number of ether oxygens (including phenoxy) is 8. The molecule has 0 radical (unpaired) electrons. The lowest BCUT2D eigenvalue weighted by Crippen LogP contribution is -2.14. The van der Waals surface area contributed by atoms with Crippen molar-refractivity contribution in [3.8, 4) is 34.5 Å². The zero-order chi connectivity index (χ0) is 23.1. The fraction of sp³-hybridized carbons (Fsp3) is 0.455. The second-order valence-electron chi connectivity index (χ2n) is 6.31. The fourth-order valence-electron chi connectivity index (χ4n) is 3.45. The van der Waals surface area contributed by atoms with Gasteiger partial charge in [0.15, 0.2) is 29.3 Å². The molecule has 1 N–H and O–H groups in total. The lowest BCUT2D eigenvalue weighted by molar-refractivity contribution is -0.107. The minimum Gasteiger partial charge on any atom is -0.493 e. The maximum Gasteiger partial charge on any atom is 0.203 e. The third-order valence-corrected chi connectivity index (χ3v) is 4.86. The summed E-state index contributed by atoms with van der Waals surface area (Å²) in [5, 5.41) is 11.5. The van der Waals surface area contributed by atoms with Gasteiger partial charge in [0.2, 0.25) is 11.5 Å². The Morgan fingerprint density at radius 3 is 1.42 bits per heavy atom. The number of aliphatic hydroxyl groups is 1. The van der Waals surface area contributed by atoms with Crippen LogP contribution in [0.3, 0.4) is 0 Å². The topological polar surface area (TPSA) is 94.1 Å². The summed E-state index contributed by atoms with van der Waals surface area (Å²) in [6.07, 6.45) is -1.99. The van der Waals surface area contributed by atoms with Crippen LogP contribution < -0.4 is 28.4 Å². The normalized spacial score (nSPS) is 11.8. The van der Waals surface area contributed by atoms with Gasteiger partial charge < -0.3 is 43.0 Å². The molecule has 9 nitrogen and oxygen atoms in total. The van der Waals surface area contributed by atoms with E-state index in [0.717, 1.165) is 0 Å². The molecule has 172 valence electrons. The molecule has 0 aliphatic carbocycles. The van der Waals surface area contributed by atoms with Crippen molar-refractivity contribution in [2.24, 2.45) is 0 Å². The van der Waals surface area contributed by atoms with Gasteiger partial charge in [-0.1, -0.05) is 0 Å². The second-order valence-corrected chi connectivity index (χ2v) is 6.31. The zero-order valence-electron chi connectivity index (χ0n) is 19.1. The summed E-state index contributed by atoms with van der Waals surface area (Å²) in [6.45, 7) is 0. The Balaban J connectivity index is 2.84. The minimum atomic E-state index is -1.19. The van der Waals surface area contributed by atoms with Crippen LogP contribution in [0.4, 0.5) is 0 Å².